The van der Waals surface area contributed by atoms with Crippen molar-refractivity contribution in [1.29, 1.82) is 0 Å². The molecule has 64 heavy (non-hydrogen) atoms. The number of hydrogen-bond acceptors (Lipinski definition) is 9. The lowest BCUT2D eigenvalue weighted by atomic mass is 10.1. The van der Waals surface area contributed by atoms with Crippen molar-refractivity contribution in [2.75, 3.05) is 13.2 Å². The number of hydrogen-bond donors (Lipinski definition) is 0. The zero-order valence-corrected chi connectivity index (χ0v) is 38.1. The van der Waals surface area contributed by atoms with Crippen LogP contribution in [0.25, 0.3) is 0 Å². The standard InChI is InChI=1S/C55H67N3O6/c1-3-5-7-9-11-13-15-17-22-40-61-50-35-26-44(27-36-50)54(59)63-52-39-30-46(43-56-47-31-33-49(34-32-47)58-57-48-24-20-19-21-25-48)53(42-52)64-55(60)45-28-37-51(38-29-45)62-41-23-18-16-14-12-10-8-6-4-2/h19-21,24-39,42-43H,3-18,22-23,40-41H2,1-2H3. The summed E-state index contributed by atoms with van der Waals surface area (Å²) in [5.74, 6) is 0.672. The number of carbonyl (C=O) groups excluding carboxylic acids is 2. The normalized spacial score (nSPS) is 11.3. The van der Waals surface area contributed by atoms with Crippen LogP contribution in [0.3, 0.4) is 0 Å². The van der Waals surface area contributed by atoms with Gasteiger partial charge in [-0.05, 0) is 110 Å². The Morgan fingerprint density at radius 2 is 0.859 bits per heavy atom. The van der Waals surface area contributed by atoms with Crippen molar-refractivity contribution in [3.8, 4) is 23.0 Å². The minimum Gasteiger partial charge on any atom is -0.494 e. The average molecular weight is 866 g/mol. The van der Waals surface area contributed by atoms with Crippen molar-refractivity contribution in [3.63, 3.8) is 0 Å². The largest absolute Gasteiger partial charge is 0.494 e. The molecule has 0 N–H and O–H groups in total. The molecular weight excluding hydrogens is 799 g/mol. The molecule has 0 fully saturated rings. The Bertz CT molecular complexity index is 2130. The highest BCUT2D eigenvalue weighted by atomic mass is 16.5. The molecule has 9 nitrogen and oxygen atoms in total. The van der Waals surface area contributed by atoms with Gasteiger partial charge in [0, 0.05) is 17.8 Å². The maximum atomic E-state index is 13.5. The van der Waals surface area contributed by atoms with E-state index in [1.807, 2.05) is 54.6 Å². The molecule has 9 heteroatoms. The SMILES string of the molecule is CCCCCCCCCCCOc1ccc(C(=O)Oc2ccc(C=Nc3ccc(N=Nc4ccccc4)cc3)c(OC(=O)c3ccc(OCCCCCCCCCCC)cc3)c2)cc1. The van der Waals surface area contributed by atoms with Crippen LogP contribution in [0, 0.1) is 0 Å². The summed E-state index contributed by atoms with van der Waals surface area (Å²) in [6.45, 7) is 5.76. The summed E-state index contributed by atoms with van der Waals surface area (Å²) >= 11 is 0. The van der Waals surface area contributed by atoms with E-state index >= 15 is 0 Å². The Labute approximate surface area is 381 Å². The molecular formula is C55H67N3O6. The first-order valence-electron chi connectivity index (χ1n) is 23.7. The maximum absolute atomic E-state index is 13.5. The summed E-state index contributed by atoms with van der Waals surface area (Å²) in [5.41, 5.74) is 3.32. The fraction of sp³-hybridized carbons (Fsp3) is 0.400. The van der Waals surface area contributed by atoms with Gasteiger partial charge in [-0.3, -0.25) is 4.99 Å². The van der Waals surface area contributed by atoms with Crippen molar-refractivity contribution in [3.05, 3.63) is 138 Å². The Morgan fingerprint density at radius 3 is 1.36 bits per heavy atom. The van der Waals surface area contributed by atoms with E-state index in [0.717, 1.165) is 31.4 Å². The van der Waals surface area contributed by atoms with Crippen LogP contribution in [0.1, 0.15) is 156 Å². The molecule has 0 aliphatic rings. The van der Waals surface area contributed by atoms with Gasteiger partial charge in [0.05, 0.1) is 41.4 Å². The molecule has 0 radical (unpaired) electrons. The van der Waals surface area contributed by atoms with Crippen molar-refractivity contribution in [1.82, 2.24) is 0 Å². The van der Waals surface area contributed by atoms with Gasteiger partial charge in [0.2, 0.25) is 0 Å². The second kappa shape index (κ2) is 29.3. The maximum Gasteiger partial charge on any atom is 0.343 e. The summed E-state index contributed by atoms with van der Waals surface area (Å²) in [7, 11) is 0. The van der Waals surface area contributed by atoms with Crippen molar-refractivity contribution >= 4 is 35.2 Å². The molecule has 0 amide bonds. The highest BCUT2D eigenvalue weighted by molar-refractivity contribution is 5.94. The molecule has 5 aromatic carbocycles. The third-order valence-corrected chi connectivity index (χ3v) is 10.9. The number of esters is 2. The smallest absolute Gasteiger partial charge is 0.343 e. The van der Waals surface area contributed by atoms with E-state index in [1.165, 1.54) is 96.0 Å². The van der Waals surface area contributed by atoms with E-state index in [0.29, 0.717) is 52.8 Å². The zero-order valence-electron chi connectivity index (χ0n) is 38.1. The molecule has 0 unspecified atom stereocenters. The minimum absolute atomic E-state index is 0.179. The lowest BCUT2D eigenvalue weighted by molar-refractivity contribution is 0.0732. The number of carbonyl (C=O) groups is 2. The molecule has 0 aliphatic carbocycles. The van der Waals surface area contributed by atoms with E-state index in [4.69, 9.17) is 18.9 Å². The Kier molecular flexibility index (Phi) is 22.4. The molecule has 5 rings (SSSR count). The number of benzene rings is 5. The number of unbranched alkanes of at least 4 members (excludes halogenated alkanes) is 16. The molecule has 338 valence electrons. The van der Waals surface area contributed by atoms with E-state index in [1.54, 1.807) is 66.9 Å². The minimum atomic E-state index is -0.574. The van der Waals surface area contributed by atoms with Crippen molar-refractivity contribution < 1.29 is 28.5 Å². The number of nitrogens with zero attached hydrogens (tertiary/aromatic N) is 3. The number of azo groups is 1. The van der Waals surface area contributed by atoms with Gasteiger partial charge < -0.3 is 18.9 Å². The van der Waals surface area contributed by atoms with Crippen LogP contribution in [0.15, 0.2) is 137 Å². The Hall–Kier alpha value is -6.09. The van der Waals surface area contributed by atoms with Gasteiger partial charge in [-0.25, -0.2) is 9.59 Å². The molecule has 0 saturated carbocycles. The van der Waals surface area contributed by atoms with Crippen LogP contribution in [0.4, 0.5) is 17.1 Å². The third kappa shape index (κ3) is 18.7. The molecule has 5 aromatic rings. The van der Waals surface area contributed by atoms with Crippen LogP contribution >= 0.6 is 0 Å². The molecule has 0 aliphatic heterocycles. The fourth-order valence-electron chi connectivity index (χ4n) is 7.04. The van der Waals surface area contributed by atoms with Gasteiger partial charge in [0.25, 0.3) is 0 Å². The van der Waals surface area contributed by atoms with Gasteiger partial charge in [-0.1, -0.05) is 135 Å². The third-order valence-electron chi connectivity index (χ3n) is 10.9. The van der Waals surface area contributed by atoms with Crippen LogP contribution < -0.4 is 18.9 Å². The first-order valence-corrected chi connectivity index (χ1v) is 23.7. The first-order chi connectivity index (χ1) is 31.5. The van der Waals surface area contributed by atoms with Crippen LogP contribution in [-0.2, 0) is 0 Å². The number of ether oxygens (including phenoxy) is 4. The van der Waals surface area contributed by atoms with Crippen molar-refractivity contribution in [2.24, 2.45) is 15.2 Å². The van der Waals surface area contributed by atoms with E-state index < -0.39 is 11.9 Å². The van der Waals surface area contributed by atoms with E-state index in [9.17, 15) is 9.59 Å². The molecule has 0 spiro atoms. The molecule has 0 saturated heterocycles. The van der Waals surface area contributed by atoms with Gasteiger partial charge in [0.15, 0.2) is 0 Å². The monoisotopic (exact) mass is 866 g/mol. The van der Waals surface area contributed by atoms with Gasteiger partial charge in [0.1, 0.15) is 23.0 Å². The molecule has 0 aromatic heterocycles. The van der Waals surface area contributed by atoms with Gasteiger partial charge >= 0.3 is 11.9 Å². The first kappa shape index (κ1) is 48.9. The highest BCUT2D eigenvalue weighted by Gasteiger charge is 2.16. The topological polar surface area (TPSA) is 108 Å². The number of aliphatic imine (C=N–C) groups is 1. The predicted molar refractivity (Wildman–Crippen MR) is 259 cm³/mol. The molecule has 0 heterocycles. The van der Waals surface area contributed by atoms with Crippen molar-refractivity contribution in [2.45, 2.75) is 129 Å². The van der Waals surface area contributed by atoms with Crippen LogP contribution in [0.2, 0.25) is 0 Å². The predicted octanol–water partition coefficient (Wildman–Crippen LogP) is 16.1. The van der Waals surface area contributed by atoms with Crippen LogP contribution in [0.5, 0.6) is 23.0 Å². The average Bonchev–Trinajstić information content (AvgIpc) is 3.33. The van der Waals surface area contributed by atoms with Crippen LogP contribution in [-0.4, -0.2) is 31.4 Å². The summed E-state index contributed by atoms with van der Waals surface area (Å²) in [6, 6.07) is 35.5. The lowest BCUT2D eigenvalue weighted by Crippen LogP contribution is -2.11. The molecule has 0 bridgehead atoms. The second-order valence-corrected chi connectivity index (χ2v) is 16.2. The Morgan fingerprint density at radius 1 is 0.438 bits per heavy atom. The van der Waals surface area contributed by atoms with E-state index in [2.05, 4.69) is 29.1 Å². The summed E-state index contributed by atoms with van der Waals surface area (Å²) in [6.07, 6.45) is 24.1. The summed E-state index contributed by atoms with van der Waals surface area (Å²) in [5, 5.41) is 8.58. The Balaban J connectivity index is 1.17. The zero-order chi connectivity index (χ0) is 44.9. The lowest BCUT2D eigenvalue weighted by Gasteiger charge is -2.11. The fourth-order valence-corrected chi connectivity index (χ4v) is 7.04. The van der Waals surface area contributed by atoms with Gasteiger partial charge in [-0.2, -0.15) is 10.2 Å². The summed E-state index contributed by atoms with van der Waals surface area (Å²) in [4.78, 5) is 31.4. The summed E-state index contributed by atoms with van der Waals surface area (Å²) < 4.78 is 23.6. The quantitative estimate of drug-likeness (QED) is 0.0150. The van der Waals surface area contributed by atoms with E-state index in [-0.39, 0.29) is 11.5 Å². The highest BCUT2D eigenvalue weighted by Crippen LogP contribution is 2.28. The molecule has 0 atom stereocenters. The second-order valence-electron chi connectivity index (χ2n) is 16.2. The number of rotatable bonds is 30. The van der Waals surface area contributed by atoms with Gasteiger partial charge in [-0.15, -0.1) is 0 Å².